The standard InChI is InChI=1S/C26H32N4/c1-3-23(25(28)29-22-13-14-26(15-16-26)30(2)18-22)24(27)21-11-9-20(10-12-21)17-19-7-5-4-6-8-19/h3-12,22,27,29H,1,13-18,28H2,2H3/b25-23-,27-24?. The maximum Gasteiger partial charge on any atom is 0.106 e. The molecule has 2 fully saturated rings. The summed E-state index contributed by atoms with van der Waals surface area (Å²) in [7, 11) is 2.22. The fourth-order valence-electron chi connectivity index (χ4n) is 4.56. The molecule has 1 saturated carbocycles. The van der Waals surface area contributed by atoms with E-state index in [-0.39, 0.29) is 0 Å². The summed E-state index contributed by atoms with van der Waals surface area (Å²) >= 11 is 0. The van der Waals surface area contributed by atoms with Crippen LogP contribution in [-0.2, 0) is 6.42 Å². The van der Waals surface area contributed by atoms with E-state index < -0.39 is 0 Å². The molecule has 0 bridgehead atoms. The molecule has 1 atom stereocenters. The zero-order chi connectivity index (χ0) is 21.1. The fourth-order valence-corrected chi connectivity index (χ4v) is 4.56. The first kappa shape index (κ1) is 20.4. The van der Waals surface area contributed by atoms with E-state index in [4.69, 9.17) is 11.1 Å². The number of hydrogen-bond donors (Lipinski definition) is 3. The highest BCUT2D eigenvalue weighted by atomic mass is 15.2. The zero-order valence-electron chi connectivity index (χ0n) is 17.8. The lowest BCUT2D eigenvalue weighted by Crippen LogP contribution is -2.50. The largest absolute Gasteiger partial charge is 0.385 e. The smallest absolute Gasteiger partial charge is 0.106 e. The van der Waals surface area contributed by atoms with Gasteiger partial charge in [-0.2, -0.15) is 0 Å². The number of piperidine rings is 1. The Morgan fingerprint density at radius 3 is 2.40 bits per heavy atom. The predicted octanol–water partition coefficient (Wildman–Crippen LogP) is 4.22. The number of nitrogens with zero attached hydrogens (tertiary/aromatic N) is 1. The quantitative estimate of drug-likeness (QED) is 0.482. The molecule has 2 aromatic carbocycles. The highest BCUT2D eigenvalue weighted by Gasteiger charge is 2.48. The first-order valence-electron chi connectivity index (χ1n) is 10.8. The zero-order valence-corrected chi connectivity index (χ0v) is 17.8. The van der Waals surface area contributed by atoms with Gasteiger partial charge < -0.3 is 11.1 Å². The van der Waals surface area contributed by atoms with Crippen molar-refractivity contribution in [1.82, 2.24) is 10.2 Å². The minimum atomic E-state index is 0.317. The number of benzene rings is 2. The minimum absolute atomic E-state index is 0.317. The van der Waals surface area contributed by atoms with Crippen LogP contribution in [0.2, 0.25) is 0 Å². The fraction of sp³-hybridized carbons (Fsp3) is 0.346. The van der Waals surface area contributed by atoms with Gasteiger partial charge in [0.25, 0.3) is 0 Å². The lowest BCUT2D eigenvalue weighted by molar-refractivity contribution is 0.139. The molecule has 0 aromatic heterocycles. The summed E-state index contributed by atoms with van der Waals surface area (Å²) in [6.45, 7) is 4.91. The van der Waals surface area contributed by atoms with Gasteiger partial charge in [-0.3, -0.25) is 10.3 Å². The molecule has 4 N–H and O–H groups in total. The van der Waals surface area contributed by atoms with E-state index >= 15 is 0 Å². The Morgan fingerprint density at radius 2 is 1.80 bits per heavy atom. The average molecular weight is 401 g/mol. The SMILES string of the molecule is C=C/C(C(=N)c1ccc(Cc2ccccc2)cc1)=C(\N)NC1CCC2(CC2)N(C)C1. The summed E-state index contributed by atoms with van der Waals surface area (Å²) in [6, 6.07) is 18.9. The van der Waals surface area contributed by atoms with Crippen molar-refractivity contribution in [2.45, 2.75) is 43.7 Å². The van der Waals surface area contributed by atoms with Crippen LogP contribution in [0.3, 0.4) is 0 Å². The summed E-state index contributed by atoms with van der Waals surface area (Å²) in [5.74, 6) is 0.550. The van der Waals surface area contributed by atoms with Gasteiger partial charge in [0, 0.05) is 29.3 Å². The highest BCUT2D eigenvalue weighted by Crippen LogP contribution is 2.47. The third-order valence-electron chi connectivity index (χ3n) is 6.71. The van der Waals surface area contributed by atoms with E-state index in [0.29, 0.717) is 28.7 Å². The van der Waals surface area contributed by atoms with E-state index in [9.17, 15) is 0 Å². The van der Waals surface area contributed by atoms with E-state index in [1.54, 1.807) is 6.08 Å². The highest BCUT2D eigenvalue weighted by molar-refractivity contribution is 6.12. The maximum atomic E-state index is 8.68. The summed E-state index contributed by atoms with van der Waals surface area (Å²) in [4.78, 5) is 2.48. The molecule has 1 unspecified atom stereocenters. The third-order valence-corrected chi connectivity index (χ3v) is 6.71. The number of nitrogens with two attached hydrogens (primary N) is 1. The second-order valence-corrected chi connectivity index (χ2v) is 8.75. The monoisotopic (exact) mass is 400 g/mol. The molecule has 1 aliphatic heterocycles. The first-order chi connectivity index (χ1) is 14.5. The number of allylic oxidation sites excluding steroid dienone is 2. The van der Waals surface area contributed by atoms with E-state index in [2.05, 4.69) is 60.2 Å². The van der Waals surface area contributed by atoms with Gasteiger partial charge >= 0.3 is 0 Å². The molecule has 1 spiro atoms. The number of hydrogen-bond acceptors (Lipinski definition) is 4. The molecule has 4 nitrogen and oxygen atoms in total. The van der Waals surface area contributed by atoms with Crippen molar-refractivity contribution < 1.29 is 0 Å². The lowest BCUT2D eigenvalue weighted by Gasteiger charge is -2.38. The molecule has 30 heavy (non-hydrogen) atoms. The molecular weight excluding hydrogens is 368 g/mol. The maximum absolute atomic E-state index is 8.68. The molecule has 0 amide bonds. The molecule has 4 rings (SSSR count). The molecular formula is C26H32N4. The van der Waals surface area contributed by atoms with Gasteiger partial charge in [-0.1, -0.05) is 67.3 Å². The van der Waals surface area contributed by atoms with Crippen molar-refractivity contribution in [2.75, 3.05) is 13.6 Å². The van der Waals surface area contributed by atoms with Crippen LogP contribution >= 0.6 is 0 Å². The molecule has 156 valence electrons. The van der Waals surface area contributed by atoms with Crippen molar-refractivity contribution in [3.63, 3.8) is 0 Å². The van der Waals surface area contributed by atoms with Crippen LogP contribution in [0, 0.1) is 5.41 Å². The predicted molar refractivity (Wildman–Crippen MR) is 125 cm³/mol. The van der Waals surface area contributed by atoms with Crippen LogP contribution < -0.4 is 11.1 Å². The van der Waals surface area contributed by atoms with E-state index in [0.717, 1.165) is 24.9 Å². The second-order valence-electron chi connectivity index (χ2n) is 8.75. The lowest BCUT2D eigenvalue weighted by atomic mass is 9.96. The summed E-state index contributed by atoms with van der Waals surface area (Å²) < 4.78 is 0. The number of nitrogens with one attached hydrogen (secondary N) is 2. The van der Waals surface area contributed by atoms with Gasteiger partial charge in [-0.25, -0.2) is 0 Å². The van der Waals surface area contributed by atoms with E-state index in [1.165, 1.54) is 30.4 Å². The van der Waals surface area contributed by atoms with Gasteiger partial charge in [0.2, 0.25) is 0 Å². The van der Waals surface area contributed by atoms with Crippen molar-refractivity contribution in [3.05, 3.63) is 95.3 Å². The second kappa shape index (κ2) is 8.49. The first-order valence-corrected chi connectivity index (χ1v) is 10.8. The van der Waals surface area contributed by atoms with Gasteiger partial charge in [0.05, 0.1) is 5.71 Å². The number of likely N-dealkylation sites (N-methyl/N-ethyl adjacent to an activating group) is 1. The molecule has 2 aliphatic rings. The normalized spacial score (nSPS) is 21.0. The van der Waals surface area contributed by atoms with Crippen molar-refractivity contribution in [1.29, 1.82) is 5.41 Å². The van der Waals surface area contributed by atoms with Gasteiger partial charge in [0.15, 0.2) is 0 Å². The van der Waals surface area contributed by atoms with Crippen LogP contribution in [0.25, 0.3) is 0 Å². The van der Waals surface area contributed by atoms with Crippen LogP contribution in [0.1, 0.15) is 42.4 Å². The topological polar surface area (TPSA) is 65.1 Å². The van der Waals surface area contributed by atoms with Crippen LogP contribution in [0.4, 0.5) is 0 Å². The average Bonchev–Trinajstić information content (AvgIpc) is 3.54. The third kappa shape index (κ3) is 4.34. The Labute approximate surface area is 180 Å². The Bertz CT molecular complexity index is 939. The van der Waals surface area contributed by atoms with Gasteiger partial charge in [0.1, 0.15) is 5.82 Å². The summed E-state index contributed by atoms with van der Waals surface area (Å²) in [5, 5.41) is 12.1. The van der Waals surface area contributed by atoms with Crippen molar-refractivity contribution in [3.8, 4) is 0 Å². The van der Waals surface area contributed by atoms with Gasteiger partial charge in [-0.15, -0.1) is 0 Å². The Hall–Kier alpha value is -2.85. The van der Waals surface area contributed by atoms with E-state index in [1.807, 2.05) is 18.2 Å². The number of likely N-dealkylation sites (tertiary alicyclic amines) is 1. The van der Waals surface area contributed by atoms with Crippen molar-refractivity contribution >= 4 is 5.71 Å². The molecule has 1 aliphatic carbocycles. The van der Waals surface area contributed by atoms with Gasteiger partial charge in [-0.05, 0) is 50.3 Å². The Balaban J connectivity index is 1.43. The molecule has 0 radical (unpaired) electrons. The van der Waals surface area contributed by atoms with Crippen LogP contribution in [-0.4, -0.2) is 35.8 Å². The number of rotatable bonds is 7. The minimum Gasteiger partial charge on any atom is -0.385 e. The molecule has 1 heterocycles. The molecule has 1 saturated heterocycles. The molecule has 2 aromatic rings. The van der Waals surface area contributed by atoms with Crippen LogP contribution in [0.5, 0.6) is 0 Å². The molecule has 4 heteroatoms. The Kier molecular flexibility index (Phi) is 5.78. The van der Waals surface area contributed by atoms with Crippen molar-refractivity contribution in [2.24, 2.45) is 5.73 Å². The summed E-state index contributed by atoms with van der Waals surface area (Å²) in [5.41, 5.74) is 11.3. The summed E-state index contributed by atoms with van der Waals surface area (Å²) in [6.07, 6.45) is 7.57. The van der Waals surface area contributed by atoms with Crippen LogP contribution in [0.15, 0.2) is 78.6 Å². The Morgan fingerprint density at radius 1 is 1.13 bits per heavy atom.